The van der Waals surface area contributed by atoms with E-state index >= 15 is 0 Å². The summed E-state index contributed by atoms with van der Waals surface area (Å²) in [6.45, 7) is 3.61. The smallest absolute Gasteiger partial charge is 0.257 e. The molecule has 3 aromatic rings. The molecule has 1 aromatic heterocycles. The van der Waals surface area contributed by atoms with E-state index in [1.165, 1.54) is 0 Å². The number of benzene rings is 2. The maximum atomic E-state index is 14.0. The number of nitrogens with one attached hydrogen (secondary N) is 1. The van der Waals surface area contributed by atoms with Gasteiger partial charge in [0.2, 0.25) is 0 Å². The van der Waals surface area contributed by atoms with Gasteiger partial charge in [-0.1, -0.05) is 15.9 Å². The zero-order chi connectivity index (χ0) is 20.6. The predicted molar refractivity (Wildman–Crippen MR) is 106 cm³/mol. The monoisotopic (exact) mass is 447 g/mol. The van der Waals surface area contributed by atoms with Crippen LogP contribution in [0.2, 0.25) is 0 Å². The van der Waals surface area contributed by atoms with Gasteiger partial charge < -0.3 is 15.6 Å². The summed E-state index contributed by atoms with van der Waals surface area (Å²) in [7, 11) is 0. The van der Waals surface area contributed by atoms with E-state index in [-0.39, 0.29) is 5.69 Å². The lowest BCUT2D eigenvalue weighted by Gasteiger charge is -2.11. The van der Waals surface area contributed by atoms with Gasteiger partial charge in [-0.2, -0.15) is 0 Å². The van der Waals surface area contributed by atoms with Crippen molar-refractivity contribution >= 4 is 33.4 Å². The standard InChI is InChI=1S/C20H16BrF2N3O2/c1-10-7-14(11(2)26(10)13-5-3-12(21)4-6-13)20(28)25-18-8-15(19(24)27)16(22)9-17(18)23/h3-9H,1-2H3,(H2,24,27)(H,25,28). The molecule has 0 aliphatic carbocycles. The van der Waals surface area contributed by atoms with Crippen molar-refractivity contribution < 1.29 is 18.4 Å². The first-order valence-electron chi connectivity index (χ1n) is 8.24. The number of aromatic nitrogens is 1. The molecule has 28 heavy (non-hydrogen) atoms. The Balaban J connectivity index is 1.96. The number of carbonyl (C=O) groups is 2. The van der Waals surface area contributed by atoms with E-state index in [9.17, 15) is 18.4 Å². The van der Waals surface area contributed by atoms with Crippen LogP contribution in [0.25, 0.3) is 5.69 Å². The molecule has 3 N–H and O–H groups in total. The van der Waals surface area contributed by atoms with Gasteiger partial charge in [-0.3, -0.25) is 9.59 Å². The fraction of sp³-hybridized carbons (Fsp3) is 0.100. The highest BCUT2D eigenvalue weighted by Gasteiger charge is 2.20. The zero-order valence-corrected chi connectivity index (χ0v) is 16.6. The third-order valence-corrected chi connectivity index (χ3v) is 4.86. The summed E-state index contributed by atoms with van der Waals surface area (Å²) in [5.74, 6) is -3.73. The number of primary amides is 1. The Hall–Kier alpha value is -3.00. The van der Waals surface area contributed by atoms with Crippen molar-refractivity contribution in [1.29, 1.82) is 0 Å². The van der Waals surface area contributed by atoms with Crippen LogP contribution in [-0.4, -0.2) is 16.4 Å². The van der Waals surface area contributed by atoms with Gasteiger partial charge in [0.1, 0.15) is 11.6 Å². The fourth-order valence-corrected chi connectivity index (χ4v) is 3.27. The highest BCUT2D eigenvalue weighted by molar-refractivity contribution is 9.10. The van der Waals surface area contributed by atoms with Gasteiger partial charge in [0, 0.05) is 27.6 Å². The summed E-state index contributed by atoms with van der Waals surface area (Å²) in [5, 5.41) is 2.38. The Morgan fingerprint density at radius 2 is 1.64 bits per heavy atom. The van der Waals surface area contributed by atoms with Crippen molar-refractivity contribution in [3.8, 4) is 5.69 Å². The molecule has 0 atom stereocenters. The molecule has 0 saturated carbocycles. The van der Waals surface area contributed by atoms with Gasteiger partial charge in [-0.05, 0) is 50.2 Å². The molecule has 2 amide bonds. The van der Waals surface area contributed by atoms with E-state index in [4.69, 9.17) is 5.73 Å². The Labute approximate surface area is 168 Å². The molecule has 0 saturated heterocycles. The van der Waals surface area contributed by atoms with Gasteiger partial charge in [-0.15, -0.1) is 0 Å². The van der Waals surface area contributed by atoms with Crippen molar-refractivity contribution in [2.45, 2.75) is 13.8 Å². The molecular weight excluding hydrogens is 432 g/mol. The lowest BCUT2D eigenvalue weighted by molar-refractivity contribution is 0.0992. The topological polar surface area (TPSA) is 77.1 Å². The van der Waals surface area contributed by atoms with E-state index < -0.39 is 29.0 Å². The van der Waals surface area contributed by atoms with E-state index in [0.29, 0.717) is 17.3 Å². The quantitative estimate of drug-likeness (QED) is 0.618. The third kappa shape index (κ3) is 3.68. The van der Waals surface area contributed by atoms with Crippen molar-refractivity contribution in [2.75, 3.05) is 5.32 Å². The summed E-state index contributed by atoms with van der Waals surface area (Å²) < 4.78 is 30.5. The predicted octanol–water partition coefficient (Wildman–Crippen LogP) is 4.49. The van der Waals surface area contributed by atoms with Gasteiger partial charge in [0.05, 0.1) is 16.8 Å². The molecule has 0 unspecified atom stereocenters. The number of nitrogens with two attached hydrogens (primary N) is 1. The fourth-order valence-electron chi connectivity index (χ4n) is 3.00. The van der Waals surface area contributed by atoms with Gasteiger partial charge >= 0.3 is 0 Å². The van der Waals surface area contributed by atoms with Gasteiger partial charge in [0.15, 0.2) is 0 Å². The van der Waals surface area contributed by atoms with Crippen LogP contribution < -0.4 is 11.1 Å². The maximum absolute atomic E-state index is 14.0. The third-order valence-electron chi connectivity index (χ3n) is 4.33. The highest BCUT2D eigenvalue weighted by Crippen LogP contribution is 2.25. The summed E-state index contributed by atoms with van der Waals surface area (Å²) in [6, 6.07) is 10.6. The van der Waals surface area contributed by atoms with Crippen molar-refractivity contribution in [2.24, 2.45) is 5.73 Å². The molecule has 5 nitrogen and oxygen atoms in total. The summed E-state index contributed by atoms with van der Waals surface area (Å²) in [6.07, 6.45) is 0. The number of hydrogen-bond acceptors (Lipinski definition) is 2. The number of nitrogens with zero attached hydrogens (tertiary/aromatic N) is 1. The minimum Gasteiger partial charge on any atom is -0.366 e. The number of amides is 2. The van der Waals surface area contributed by atoms with Crippen LogP contribution in [0.5, 0.6) is 0 Å². The van der Waals surface area contributed by atoms with Crippen LogP contribution in [0.1, 0.15) is 32.1 Å². The van der Waals surface area contributed by atoms with Gasteiger partial charge in [0.25, 0.3) is 11.8 Å². The Morgan fingerprint density at radius 1 is 1.00 bits per heavy atom. The van der Waals surface area contributed by atoms with E-state index in [0.717, 1.165) is 21.9 Å². The SMILES string of the molecule is Cc1cc(C(=O)Nc2cc(C(N)=O)c(F)cc2F)c(C)n1-c1ccc(Br)cc1. The summed E-state index contributed by atoms with van der Waals surface area (Å²) >= 11 is 3.38. The molecule has 144 valence electrons. The molecule has 0 fully saturated rings. The highest BCUT2D eigenvalue weighted by atomic mass is 79.9. The van der Waals surface area contributed by atoms with Crippen molar-refractivity contribution in [3.05, 3.63) is 81.1 Å². The second kappa shape index (κ2) is 7.55. The van der Waals surface area contributed by atoms with Crippen LogP contribution in [0.3, 0.4) is 0 Å². The van der Waals surface area contributed by atoms with Crippen LogP contribution in [-0.2, 0) is 0 Å². The first kappa shape index (κ1) is 19.8. The zero-order valence-electron chi connectivity index (χ0n) is 15.0. The van der Waals surface area contributed by atoms with E-state index in [2.05, 4.69) is 21.2 Å². The van der Waals surface area contributed by atoms with Gasteiger partial charge in [-0.25, -0.2) is 8.78 Å². The van der Waals surface area contributed by atoms with Crippen LogP contribution >= 0.6 is 15.9 Å². The minimum absolute atomic E-state index is 0.324. The van der Waals surface area contributed by atoms with E-state index in [1.54, 1.807) is 13.0 Å². The molecule has 3 rings (SSSR count). The second-order valence-electron chi connectivity index (χ2n) is 6.23. The second-order valence-corrected chi connectivity index (χ2v) is 7.14. The molecule has 0 bridgehead atoms. The first-order valence-corrected chi connectivity index (χ1v) is 9.03. The van der Waals surface area contributed by atoms with E-state index in [1.807, 2.05) is 35.8 Å². The summed E-state index contributed by atoms with van der Waals surface area (Å²) in [5.41, 5.74) is 6.89. The molecule has 1 heterocycles. The number of hydrogen-bond donors (Lipinski definition) is 2. The van der Waals surface area contributed by atoms with Crippen LogP contribution in [0, 0.1) is 25.5 Å². The number of carbonyl (C=O) groups excluding carboxylic acids is 2. The first-order chi connectivity index (χ1) is 13.2. The molecule has 0 spiro atoms. The number of anilines is 1. The Bertz CT molecular complexity index is 1090. The molecule has 0 aliphatic heterocycles. The lowest BCUT2D eigenvalue weighted by atomic mass is 10.1. The largest absolute Gasteiger partial charge is 0.366 e. The lowest BCUT2D eigenvalue weighted by Crippen LogP contribution is -2.17. The normalized spacial score (nSPS) is 10.8. The molecular formula is C20H16BrF2N3O2. The van der Waals surface area contributed by atoms with Crippen molar-refractivity contribution in [3.63, 3.8) is 0 Å². The van der Waals surface area contributed by atoms with Crippen LogP contribution in [0.15, 0.2) is 46.9 Å². The van der Waals surface area contributed by atoms with Crippen molar-refractivity contribution in [1.82, 2.24) is 4.57 Å². The summed E-state index contributed by atoms with van der Waals surface area (Å²) in [4.78, 5) is 24.0. The Morgan fingerprint density at radius 3 is 2.25 bits per heavy atom. The maximum Gasteiger partial charge on any atom is 0.257 e. The van der Waals surface area contributed by atoms with Crippen LogP contribution in [0.4, 0.5) is 14.5 Å². The number of aryl methyl sites for hydroxylation is 1. The number of rotatable bonds is 4. The molecule has 0 aliphatic rings. The average molecular weight is 448 g/mol. The number of halogens is 3. The molecule has 2 aromatic carbocycles. The Kier molecular flexibility index (Phi) is 5.33. The average Bonchev–Trinajstić information content (AvgIpc) is 2.92. The molecule has 0 radical (unpaired) electrons. The minimum atomic E-state index is -1.09. The molecule has 8 heteroatoms.